The second-order valence-corrected chi connectivity index (χ2v) is 7.78. The van der Waals surface area contributed by atoms with Crippen LogP contribution in [0.15, 0.2) is 30.3 Å². The van der Waals surface area contributed by atoms with Gasteiger partial charge in [0.15, 0.2) is 12.1 Å². The van der Waals surface area contributed by atoms with E-state index in [1.807, 2.05) is 30.3 Å². The highest BCUT2D eigenvalue weighted by Crippen LogP contribution is 2.52. The lowest BCUT2D eigenvalue weighted by atomic mass is 9.80. The molecule has 2 saturated carbocycles. The normalized spacial score (nSPS) is 34.2. The first-order valence-electron chi connectivity index (χ1n) is 9.64. The van der Waals surface area contributed by atoms with E-state index < -0.39 is 5.41 Å². The molecule has 0 bridgehead atoms. The lowest BCUT2D eigenvalue weighted by Crippen LogP contribution is -2.38. The first-order chi connectivity index (χ1) is 12.7. The standard InChI is InChI=1S/C21H26O5/c22-18-11-16-10-17(25-13-15-6-2-1-3-7-15)12-21(16,20(18)23)14-26-19-8-4-5-9-24-19/h1-3,6-7,16-17,19H,4-5,8-14H2. The molecule has 5 heteroatoms. The van der Waals surface area contributed by atoms with Crippen LogP contribution in [-0.4, -0.2) is 37.2 Å². The molecule has 1 aromatic rings. The van der Waals surface area contributed by atoms with Gasteiger partial charge in [-0.25, -0.2) is 0 Å². The summed E-state index contributed by atoms with van der Waals surface area (Å²) in [6, 6.07) is 10.0. The van der Waals surface area contributed by atoms with Crippen LogP contribution in [0.4, 0.5) is 0 Å². The van der Waals surface area contributed by atoms with E-state index in [-0.39, 0.29) is 36.5 Å². The van der Waals surface area contributed by atoms with Gasteiger partial charge in [-0.3, -0.25) is 9.59 Å². The van der Waals surface area contributed by atoms with Crippen LogP contribution in [0.3, 0.4) is 0 Å². The van der Waals surface area contributed by atoms with Gasteiger partial charge in [0, 0.05) is 13.0 Å². The van der Waals surface area contributed by atoms with Gasteiger partial charge in [-0.05, 0) is 43.6 Å². The van der Waals surface area contributed by atoms with Crippen LogP contribution in [0.5, 0.6) is 0 Å². The van der Waals surface area contributed by atoms with Crippen LogP contribution < -0.4 is 0 Å². The summed E-state index contributed by atoms with van der Waals surface area (Å²) in [5, 5.41) is 0. The predicted octanol–water partition coefficient (Wildman–Crippen LogP) is 3.05. The van der Waals surface area contributed by atoms with Gasteiger partial charge < -0.3 is 14.2 Å². The number of Topliss-reactive ketones (excluding diaryl/α,β-unsaturated/α-hetero) is 2. The maximum atomic E-state index is 12.7. The van der Waals surface area contributed by atoms with Gasteiger partial charge in [-0.1, -0.05) is 30.3 Å². The number of carbonyl (C=O) groups is 2. The van der Waals surface area contributed by atoms with Crippen molar-refractivity contribution in [3.8, 4) is 0 Å². The van der Waals surface area contributed by atoms with Gasteiger partial charge in [0.2, 0.25) is 5.78 Å². The second kappa shape index (κ2) is 7.59. The summed E-state index contributed by atoms with van der Waals surface area (Å²) >= 11 is 0. The third-order valence-corrected chi connectivity index (χ3v) is 6.05. The molecular weight excluding hydrogens is 332 g/mol. The molecule has 4 rings (SSSR count). The van der Waals surface area contributed by atoms with Crippen molar-refractivity contribution < 1.29 is 23.8 Å². The molecule has 1 aromatic carbocycles. The molecule has 1 heterocycles. The Balaban J connectivity index is 1.40. The van der Waals surface area contributed by atoms with Gasteiger partial charge in [0.1, 0.15) is 0 Å². The van der Waals surface area contributed by atoms with E-state index >= 15 is 0 Å². The van der Waals surface area contributed by atoms with Crippen molar-refractivity contribution in [3.63, 3.8) is 0 Å². The lowest BCUT2D eigenvalue weighted by Gasteiger charge is -2.30. The zero-order chi connectivity index (χ0) is 18.0. The summed E-state index contributed by atoms with van der Waals surface area (Å²) < 4.78 is 17.7. The average Bonchev–Trinajstić information content (AvgIpc) is 3.14. The van der Waals surface area contributed by atoms with Crippen molar-refractivity contribution in [1.82, 2.24) is 0 Å². The van der Waals surface area contributed by atoms with Gasteiger partial charge in [-0.15, -0.1) is 0 Å². The maximum Gasteiger partial charge on any atom is 0.207 e. The fourth-order valence-electron chi connectivity index (χ4n) is 4.59. The third kappa shape index (κ3) is 3.48. The minimum atomic E-state index is -0.709. The number of ether oxygens (including phenoxy) is 3. The maximum absolute atomic E-state index is 12.7. The van der Waals surface area contributed by atoms with E-state index in [1.54, 1.807) is 0 Å². The Morgan fingerprint density at radius 3 is 2.73 bits per heavy atom. The largest absolute Gasteiger partial charge is 0.373 e. The average molecular weight is 358 g/mol. The molecule has 0 spiro atoms. The lowest BCUT2D eigenvalue weighted by molar-refractivity contribution is -0.183. The molecule has 3 fully saturated rings. The first-order valence-corrected chi connectivity index (χ1v) is 9.64. The number of carbonyl (C=O) groups excluding carboxylic acids is 2. The van der Waals surface area contributed by atoms with Crippen molar-refractivity contribution in [3.05, 3.63) is 35.9 Å². The fraction of sp³-hybridized carbons (Fsp3) is 0.619. The number of rotatable bonds is 6. The topological polar surface area (TPSA) is 61.8 Å². The highest BCUT2D eigenvalue weighted by molar-refractivity contribution is 6.41. The molecule has 140 valence electrons. The van der Waals surface area contributed by atoms with Crippen molar-refractivity contribution in [2.45, 2.75) is 57.5 Å². The molecule has 26 heavy (non-hydrogen) atoms. The van der Waals surface area contributed by atoms with E-state index in [2.05, 4.69) is 0 Å². The summed E-state index contributed by atoms with van der Waals surface area (Å²) in [4.78, 5) is 24.7. The van der Waals surface area contributed by atoms with Gasteiger partial charge in [0.05, 0.1) is 24.7 Å². The number of benzene rings is 1. The minimum Gasteiger partial charge on any atom is -0.373 e. The number of ketones is 2. The molecule has 1 aliphatic heterocycles. The fourth-order valence-corrected chi connectivity index (χ4v) is 4.59. The summed E-state index contributed by atoms with van der Waals surface area (Å²) in [5.74, 6) is -0.472. The number of hydrogen-bond acceptors (Lipinski definition) is 5. The molecule has 0 radical (unpaired) electrons. The Hall–Kier alpha value is -1.56. The Kier molecular flexibility index (Phi) is 5.20. The Labute approximate surface area is 154 Å². The molecule has 4 atom stereocenters. The smallest absolute Gasteiger partial charge is 0.207 e. The van der Waals surface area contributed by atoms with Gasteiger partial charge in [-0.2, -0.15) is 0 Å². The highest BCUT2D eigenvalue weighted by Gasteiger charge is 2.60. The number of hydrogen-bond donors (Lipinski definition) is 0. The molecule has 0 N–H and O–H groups in total. The van der Waals surface area contributed by atoms with E-state index in [9.17, 15) is 9.59 Å². The minimum absolute atomic E-state index is 0.00636. The zero-order valence-corrected chi connectivity index (χ0v) is 15.0. The van der Waals surface area contributed by atoms with Gasteiger partial charge >= 0.3 is 0 Å². The molecule has 2 aliphatic carbocycles. The van der Waals surface area contributed by atoms with E-state index in [4.69, 9.17) is 14.2 Å². The molecule has 0 aromatic heterocycles. The number of fused-ring (bicyclic) bond motifs is 1. The third-order valence-electron chi connectivity index (χ3n) is 6.05. The molecule has 5 nitrogen and oxygen atoms in total. The summed E-state index contributed by atoms with van der Waals surface area (Å²) in [6.07, 6.45) is 4.40. The molecule has 1 saturated heterocycles. The van der Waals surface area contributed by atoms with Crippen molar-refractivity contribution in [2.75, 3.05) is 13.2 Å². The highest BCUT2D eigenvalue weighted by atomic mass is 16.7. The molecule has 0 amide bonds. The van der Waals surface area contributed by atoms with Crippen LogP contribution in [0.25, 0.3) is 0 Å². The predicted molar refractivity (Wildman–Crippen MR) is 94.4 cm³/mol. The van der Waals surface area contributed by atoms with E-state index in [1.165, 1.54) is 0 Å². The van der Waals surface area contributed by atoms with Crippen LogP contribution in [0, 0.1) is 11.3 Å². The molecule has 4 unspecified atom stereocenters. The first kappa shape index (κ1) is 17.8. The van der Waals surface area contributed by atoms with Crippen molar-refractivity contribution >= 4 is 11.6 Å². The van der Waals surface area contributed by atoms with Crippen LogP contribution in [0.2, 0.25) is 0 Å². The Bertz CT molecular complexity index is 652. The SMILES string of the molecule is O=C1CC2CC(OCc3ccccc3)CC2(COC2CCCCO2)C1=O. The van der Waals surface area contributed by atoms with Crippen molar-refractivity contribution in [1.29, 1.82) is 0 Å². The van der Waals surface area contributed by atoms with Crippen LogP contribution >= 0.6 is 0 Å². The Morgan fingerprint density at radius 1 is 1.12 bits per heavy atom. The zero-order valence-electron chi connectivity index (χ0n) is 15.0. The quantitative estimate of drug-likeness (QED) is 0.732. The summed E-state index contributed by atoms with van der Waals surface area (Å²) in [5.41, 5.74) is 0.409. The van der Waals surface area contributed by atoms with Crippen LogP contribution in [0.1, 0.15) is 44.1 Å². The monoisotopic (exact) mass is 358 g/mol. The van der Waals surface area contributed by atoms with Crippen molar-refractivity contribution in [2.24, 2.45) is 11.3 Å². The molecular formula is C21H26O5. The molecule has 3 aliphatic rings. The van der Waals surface area contributed by atoms with E-state index in [0.29, 0.717) is 26.1 Å². The summed E-state index contributed by atoms with van der Waals surface area (Å²) in [7, 11) is 0. The Morgan fingerprint density at radius 2 is 1.96 bits per heavy atom. The second-order valence-electron chi connectivity index (χ2n) is 7.78. The van der Waals surface area contributed by atoms with Crippen LogP contribution in [-0.2, 0) is 30.4 Å². The summed E-state index contributed by atoms with van der Waals surface area (Å²) in [6.45, 7) is 1.51. The van der Waals surface area contributed by atoms with E-state index in [0.717, 1.165) is 31.2 Å². The van der Waals surface area contributed by atoms with Gasteiger partial charge in [0.25, 0.3) is 0 Å².